The number of hydrogen-bond donors (Lipinski definition) is 0. The normalized spacial score (nSPS) is 12.4. The summed E-state index contributed by atoms with van der Waals surface area (Å²) in [6, 6.07) is 34.2. The van der Waals surface area contributed by atoms with Gasteiger partial charge in [0.25, 0.3) is 0 Å². The van der Waals surface area contributed by atoms with Gasteiger partial charge in [0.05, 0.1) is 14.2 Å². The first kappa shape index (κ1) is 24.9. The highest BCUT2D eigenvalue weighted by molar-refractivity contribution is 5.98. The van der Waals surface area contributed by atoms with Crippen LogP contribution in [0.4, 0.5) is 0 Å². The van der Waals surface area contributed by atoms with Gasteiger partial charge in [0.15, 0.2) is 11.6 Å². The summed E-state index contributed by atoms with van der Waals surface area (Å²) in [5.74, 6) is 1.14. The van der Waals surface area contributed by atoms with Crippen LogP contribution >= 0.6 is 0 Å². The number of hydrogen-bond acceptors (Lipinski definition) is 4. The number of benzene rings is 4. The average molecular weight is 479 g/mol. The number of ether oxygens (including phenoxy) is 2. The predicted octanol–water partition coefficient (Wildman–Crippen LogP) is 7.12. The molecule has 4 aromatic carbocycles. The van der Waals surface area contributed by atoms with Crippen molar-refractivity contribution < 1.29 is 19.1 Å². The Balaban J connectivity index is 1.76. The minimum absolute atomic E-state index is 0.0436. The smallest absolute Gasteiger partial charge is 0.163 e. The Hall–Kier alpha value is -4.18. The molecule has 0 saturated carbocycles. The van der Waals surface area contributed by atoms with E-state index in [2.05, 4.69) is 0 Å². The summed E-state index contributed by atoms with van der Waals surface area (Å²) in [5.41, 5.74) is 3.31. The van der Waals surface area contributed by atoms with E-state index in [1.165, 1.54) is 0 Å². The fourth-order valence-corrected chi connectivity index (χ4v) is 4.57. The van der Waals surface area contributed by atoms with Crippen LogP contribution in [0, 0.1) is 0 Å². The van der Waals surface area contributed by atoms with Gasteiger partial charge < -0.3 is 9.47 Å². The zero-order valence-electron chi connectivity index (χ0n) is 20.6. The Bertz CT molecular complexity index is 1160. The van der Waals surface area contributed by atoms with Crippen molar-refractivity contribution in [2.45, 2.75) is 24.7 Å². The van der Waals surface area contributed by atoms with Crippen LogP contribution in [0.25, 0.3) is 0 Å². The van der Waals surface area contributed by atoms with Crippen molar-refractivity contribution in [3.63, 3.8) is 0 Å². The second kappa shape index (κ2) is 12.0. The molecule has 0 aromatic heterocycles. The molecule has 0 fully saturated rings. The lowest BCUT2D eigenvalue weighted by Gasteiger charge is -2.28. The molecular weight excluding hydrogens is 448 g/mol. The number of carbonyl (C=O) groups excluding carboxylic acids is 2. The molecule has 4 rings (SSSR count). The van der Waals surface area contributed by atoms with Crippen LogP contribution in [0.3, 0.4) is 0 Å². The van der Waals surface area contributed by atoms with Crippen molar-refractivity contribution in [2.24, 2.45) is 0 Å². The van der Waals surface area contributed by atoms with Gasteiger partial charge in [-0.3, -0.25) is 9.59 Å². The second-order valence-corrected chi connectivity index (χ2v) is 8.75. The molecule has 0 spiro atoms. The third kappa shape index (κ3) is 6.08. The lowest BCUT2D eigenvalue weighted by atomic mass is 9.75. The molecule has 0 aliphatic rings. The van der Waals surface area contributed by atoms with E-state index in [4.69, 9.17) is 9.47 Å². The zero-order chi connectivity index (χ0) is 25.3. The molecule has 0 saturated heterocycles. The maximum atomic E-state index is 13.4. The molecule has 0 amide bonds. The minimum atomic E-state index is -0.218. The maximum absolute atomic E-state index is 13.4. The summed E-state index contributed by atoms with van der Waals surface area (Å²) in [5, 5.41) is 0. The molecule has 2 atom stereocenters. The third-order valence-electron chi connectivity index (χ3n) is 6.58. The average Bonchev–Trinajstić information content (AvgIpc) is 2.95. The van der Waals surface area contributed by atoms with Crippen LogP contribution in [0.15, 0.2) is 109 Å². The van der Waals surface area contributed by atoms with E-state index in [0.717, 1.165) is 22.6 Å². The number of rotatable bonds is 11. The molecule has 0 N–H and O–H groups in total. The highest BCUT2D eigenvalue weighted by Crippen LogP contribution is 2.40. The van der Waals surface area contributed by atoms with Crippen LogP contribution in [-0.2, 0) is 0 Å². The molecule has 2 unspecified atom stereocenters. The van der Waals surface area contributed by atoms with Crippen molar-refractivity contribution >= 4 is 11.6 Å². The van der Waals surface area contributed by atoms with Gasteiger partial charge in [-0.2, -0.15) is 0 Å². The van der Waals surface area contributed by atoms with Crippen LogP contribution in [-0.4, -0.2) is 25.8 Å². The molecule has 0 bridgehead atoms. The van der Waals surface area contributed by atoms with Crippen molar-refractivity contribution in [3.05, 3.63) is 131 Å². The first-order valence-corrected chi connectivity index (χ1v) is 12.0. The van der Waals surface area contributed by atoms with Crippen LogP contribution in [0.1, 0.15) is 56.5 Å². The Morgan fingerprint density at radius 1 is 0.528 bits per heavy atom. The molecule has 182 valence electrons. The van der Waals surface area contributed by atoms with Crippen LogP contribution < -0.4 is 9.47 Å². The van der Waals surface area contributed by atoms with E-state index < -0.39 is 0 Å². The summed E-state index contributed by atoms with van der Waals surface area (Å²) in [6.07, 6.45) is 0.546. The Kier molecular flexibility index (Phi) is 8.30. The van der Waals surface area contributed by atoms with E-state index in [-0.39, 0.29) is 36.2 Å². The van der Waals surface area contributed by atoms with Gasteiger partial charge in [-0.1, -0.05) is 84.9 Å². The van der Waals surface area contributed by atoms with Gasteiger partial charge in [-0.05, 0) is 47.2 Å². The molecule has 0 aliphatic carbocycles. The summed E-state index contributed by atoms with van der Waals surface area (Å²) < 4.78 is 10.7. The third-order valence-corrected chi connectivity index (χ3v) is 6.58. The Labute approximate surface area is 212 Å². The largest absolute Gasteiger partial charge is 0.497 e. The van der Waals surface area contributed by atoms with Gasteiger partial charge in [0.1, 0.15) is 11.5 Å². The molecule has 4 aromatic rings. The first-order chi connectivity index (χ1) is 17.6. The lowest BCUT2D eigenvalue weighted by Crippen LogP contribution is -2.19. The first-order valence-electron chi connectivity index (χ1n) is 12.0. The highest BCUT2D eigenvalue weighted by Gasteiger charge is 2.30. The van der Waals surface area contributed by atoms with Gasteiger partial charge in [0, 0.05) is 24.0 Å². The fraction of sp³-hybridized carbons (Fsp3) is 0.188. The van der Waals surface area contributed by atoms with Gasteiger partial charge in [-0.25, -0.2) is 0 Å². The molecule has 0 aliphatic heterocycles. The van der Waals surface area contributed by atoms with Crippen molar-refractivity contribution in [2.75, 3.05) is 14.2 Å². The Morgan fingerprint density at radius 3 is 1.17 bits per heavy atom. The van der Waals surface area contributed by atoms with E-state index in [1.54, 1.807) is 14.2 Å². The number of carbonyl (C=O) groups is 2. The summed E-state index contributed by atoms with van der Waals surface area (Å²) in [7, 11) is 3.26. The van der Waals surface area contributed by atoms with Crippen LogP contribution in [0.5, 0.6) is 11.5 Å². The second-order valence-electron chi connectivity index (χ2n) is 8.75. The van der Waals surface area contributed by atoms with E-state index in [9.17, 15) is 9.59 Å². The van der Waals surface area contributed by atoms with Crippen molar-refractivity contribution in [1.82, 2.24) is 0 Å². The SMILES string of the molecule is COc1ccc(C(CC(=O)c2ccccc2)C(CC(=O)c2ccccc2)c2ccc(OC)cc2)cc1. The lowest BCUT2D eigenvalue weighted by molar-refractivity contribution is 0.0936. The quantitative estimate of drug-likeness (QED) is 0.215. The van der Waals surface area contributed by atoms with E-state index in [1.807, 2.05) is 109 Å². The Morgan fingerprint density at radius 2 is 0.861 bits per heavy atom. The molecule has 36 heavy (non-hydrogen) atoms. The highest BCUT2D eigenvalue weighted by atomic mass is 16.5. The van der Waals surface area contributed by atoms with Gasteiger partial charge in [-0.15, -0.1) is 0 Å². The van der Waals surface area contributed by atoms with Crippen molar-refractivity contribution in [1.29, 1.82) is 0 Å². The number of methoxy groups -OCH3 is 2. The molecular formula is C32H30O4. The van der Waals surface area contributed by atoms with E-state index in [0.29, 0.717) is 11.1 Å². The number of ketones is 2. The summed E-state index contributed by atoms with van der Waals surface area (Å²) >= 11 is 0. The molecule has 4 nitrogen and oxygen atoms in total. The molecule has 0 heterocycles. The van der Waals surface area contributed by atoms with Gasteiger partial charge >= 0.3 is 0 Å². The van der Waals surface area contributed by atoms with Crippen molar-refractivity contribution in [3.8, 4) is 11.5 Å². The zero-order valence-corrected chi connectivity index (χ0v) is 20.6. The van der Waals surface area contributed by atoms with E-state index >= 15 is 0 Å². The fourth-order valence-electron chi connectivity index (χ4n) is 4.57. The summed E-state index contributed by atoms with van der Waals surface area (Å²) in [6.45, 7) is 0. The standard InChI is InChI=1S/C32H30O4/c1-35-27-17-13-23(14-18-27)29(21-31(33)25-9-5-3-6-10-25)30(24-15-19-28(36-2)20-16-24)22-32(34)26-11-7-4-8-12-26/h3-20,29-30H,21-22H2,1-2H3. The van der Waals surface area contributed by atoms with Crippen LogP contribution in [0.2, 0.25) is 0 Å². The number of Topliss-reactive ketones (excluding diaryl/α,β-unsaturated/α-hetero) is 2. The monoisotopic (exact) mass is 478 g/mol. The molecule has 0 radical (unpaired) electrons. The topological polar surface area (TPSA) is 52.6 Å². The molecule has 4 heteroatoms. The summed E-state index contributed by atoms with van der Waals surface area (Å²) in [4.78, 5) is 26.8. The predicted molar refractivity (Wildman–Crippen MR) is 142 cm³/mol. The maximum Gasteiger partial charge on any atom is 0.163 e. The minimum Gasteiger partial charge on any atom is -0.497 e. The van der Waals surface area contributed by atoms with Gasteiger partial charge in [0.2, 0.25) is 0 Å².